The van der Waals surface area contributed by atoms with Gasteiger partial charge in [0.2, 0.25) is 0 Å². The van der Waals surface area contributed by atoms with Crippen LogP contribution in [0.2, 0.25) is 0 Å². The van der Waals surface area contributed by atoms with Crippen LogP contribution in [0.4, 0.5) is 0 Å². The van der Waals surface area contributed by atoms with Crippen molar-refractivity contribution in [1.29, 1.82) is 0 Å². The molecule has 4 N–H and O–H groups in total. The normalized spacial score (nSPS) is 16.6. The highest BCUT2D eigenvalue weighted by molar-refractivity contribution is 6.35. The van der Waals surface area contributed by atoms with Gasteiger partial charge in [0.1, 0.15) is 0 Å². The molecule has 1 aliphatic carbocycles. The van der Waals surface area contributed by atoms with E-state index in [1.165, 1.54) is 0 Å². The first-order valence-electron chi connectivity index (χ1n) is 5.89. The lowest BCUT2D eigenvalue weighted by atomic mass is 10.0. The Bertz CT molecular complexity index is 262. The molecule has 0 radical (unpaired) electrons. The van der Waals surface area contributed by atoms with Crippen LogP contribution in [0.1, 0.15) is 32.6 Å². The molecule has 5 nitrogen and oxygen atoms in total. The first kappa shape index (κ1) is 13.0. The van der Waals surface area contributed by atoms with Crippen molar-refractivity contribution in [2.45, 2.75) is 32.6 Å². The van der Waals surface area contributed by atoms with E-state index in [0.717, 1.165) is 25.7 Å². The van der Waals surface area contributed by atoms with E-state index in [2.05, 4.69) is 17.6 Å². The van der Waals surface area contributed by atoms with E-state index in [9.17, 15) is 9.59 Å². The van der Waals surface area contributed by atoms with Crippen molar-refractivity contribution in [2.75, 3.05) is 19.6 Å². The lowest BCUT2D eigenvalue weighted by molar-refractivity contribution is -0.139. The van der Waals surface area contributed by atoms with E-state index in [0.29, 0.717) is 19.6 Å². The number of carbonyl (C=O) groups is 2. The number of hydrogen-bond acceptors (Lipinski definition) is 3. The smallest absolute Gasteiger partial charge is 0.309 e. The summed E-state index contributed by atoms with van der Waals surface area (Å²) in [5.41, 5.74) is 5.50. The highest BCUT2D eigenvalue weighted by Crippen LogP contribution is 2.48. The zero-order valence-electron chi connectivity index (χ0n) is 9.84. The Kier molecular flexibility index (Phi) is 4.73. The van der Waals surface area contributed by atoms with E-state index in [-0.39, 0.29) is 5.41 Å². The van der Waals surface area contributed by atoms with Gasteiger partial charge in [-0.15, -0.1) is 0 Å². The van der Waals surface area contributed by atoms with E-state index >= 15 is 0 Å². The zero-order chi connectivity index (χ0) is 12.0. The molecule has 16 heavy (non-hydrogen) atoms. The monoisotopic (exact) mass is 227 g/mol. The topological polar surface area (TPSA) is 84.2 Å². The van der Waals surface area contributed by atoms with E-state index in [1.807, 2.05) is 0 Å². The predicted octanol–water partition coefficient (Wildman–Crippen LogP) is -0.242. The van der Waals surface area contributed by atoms with Crippen LogP contribution in [0, 0.1) is 5.41 Å². The summed E-state index contributed by atoms with van der Waals surface area (Å²) in [5, 5.41) is 5.13. The molecule has 1 rings (SSSR count). The number of rotatable bonds is 6. The Labute approximate surface area is 96.1 Å². The van der Waals surface area contributed by atoms with Crippen LogP contribution in [0.3, 0.4) is 0 Å². The Morgan fingerprint density at radius 3 is 2.38 bits per heavy atom. The van der Waals surface area contributed by atoms with Crippen molar-refractivity contribution in [3.05, 3.63) is 0 Å². The van der Waals surface area contributed by atoms with Gasteiger partial charge in [0.15, 0.2) is 0 Å². The number of nitrogens with two attached hydrogens (primary N) is 1. The molecule has 1 saturated carbocycles. The van der Waals surface area contributed by atoms with E-state index in [1.54, 1.807) is 0 Å². The van der Waals surface area contributed by atoms with Crippen LogP contribution in [-0.4, -0.2) is 31.4 Å². The second kappa shape index (κ2) is 5.84. The molecule has 5 heteroatoms. The number of amides is 2. The first-order chi connectivity index (χ1) is 7.63. The van der Waals surface area contributed by atoms with Crippen molar-refractivity contribution >= 4 is 11.8 Å². The molecule has 0 aromatic heterocycles. The average molecular weight is 227 g/mol. The van der Waals surface area contributed by atoms with E-state index in [4.69, 9.17) is 5.73 Å². The molecule has 92 valence electrons. The predicted molar refractivity (Wildman–Crippen MR) is 61.6 cm³/mol. The van der Waals surface area contributed by atoms with Gasteiger partial charge < -0.3 is 16.4 Å². The molecule has 0 aliphatic heterocycles. The third-order valence-electron chi connectivity index (χ3n) is 3.00. The maximum absolute atomic E-state index is 11.4. The van der Waals surface area contributed by atoms with Gasteiger partial charge in [0.25, 0.3) is 0 Å². The van der Waals surface area contributed by atoms with Gasteiger partial charge in [-0.05, 0) is 24.7 Å². The summed E-state index contributed by atoms with van der Waals surface area (Å²) < 4.78 is 0. The second-order valence-corrected chi connectivity index (χ2v) is 4.48. The standard InChI is InChI=1S/C11H21N3O2/c1-2-3-11(4-5-11)8-14-10(16)9(15)13-7-6-12/h2-8,12H2,1H3,(H,13,15)(H,14,16). The van der Waals surface area contributed by atoms with Crippen molar-refractivity contribution in [3.8, 4) is 0 Å². The summed E-state index contributed by atoms with van der Waals surface area (Å²) in [6.07, 6.45) is 4.56. The second-order valence-electron chi connectivity index (χ2n) is 4.48. The molecule has 0 bridgehead atoms. The molecule has 0 spiro atoms. The van der Waals surface area contributed by atoms with Crippen molar-refractivity contribution in [3.63, 3.8) is 0 Å². The molecular weight excluding hydrogens is 206 g/mol. The van der Waals surface area contributed by atoms with Gasteiger partial charge in [0.05, 0.1) is 0 Å². The summed E-state index contributed by atoms with van der Waals surface area (Å²) in [5.74, 6) is -1.13. The van der Waals surface area contributed by atoms with Gasteiger partial charge in [0, 0.05) is 19.6 Å². The molecule has 1 fully saturated rings. The van der Waals surface area contributed by atoms with Crippen LogP contribution in [0.15, 0.2) is 0 Å². The SMILES string of the molecule is CCCC1(CNC(=O)C(=O)NCCN)CC1. The van der Waals surface area contributed by atoms with Gasteiger partial charge in [-0.2, -0.15) is 0 Å². The summed E-state index contributed by atoms with van der Waals surface area (Å²) in [6.45, 7) is 3.44. The van der Waals surface area contributed by atoms with Gasteiger partial charge >= 0.3 is 11.8 Å². The van der Waals surface area contributed by atoms with Gasteiger partial charge in [-0.3, -0.25) is 9.59 Å². The Morgan fingerprint density at radius 2 is 1.88 bits per heavy atom. The fourth-order valence-corrected chi connectivity index (χ4v) is 1.84. The summed E-state index contributed by atoms with van der Waals surface area (Å²) in [4.78, 5) is 22.6. The molecule has 2 amide bonds. The largest absolute Gasteiger partial charge is 0.347 e. The summed E-state index contributed by atoms with van der Waals surface area (Å²) >= 11 is 0. The third kappa shape index (κ3) is 3.81. The quantitative estimate of drug-likeness (QED) is 0.547. The molecule has 0 aromatic carbocycles. The fraction of sp³-hybridized carbons (Fsp3) is 0.818. The van der Waals surface area contributed by atoms with Gasteiger partial charge in [-0.25, -0.2) is 0 Å². The van der Waals surface area contributed by atoms with Crippen molar-refractivity contribution in [2.24, 2.45) is 11.1 Å². The molecular formula is C11H21N3O2. The molecule has 0 aromatic rings. The number of hydrogen-bond donors (Lipinski definition) is 3. The Hall–Kier alpha value is -1.10. The summed E-state index contributed by atoms with van der Waals surface area (Å²) in [7, 11) is 0. The lowest BCUT2D eigenvalue weighted by Crippen LogP contribution is -2.43. The molecule has 1 aliphatic rings. The molecule has 0 saturated heterocycles. The highest BCUT2D eigenvalue weighted by Gasteiger charge is 2.41. The zero-order valence-corrected chi connectivity index (χ0v) is 9.84. The van der Waals surface area contributed by atoms with E-state index < -0.39 is 11.8 Å². The van der Waals surface area contributed by atoms with Crippen LogP contribution in [-0.2, 0) is 9.59 Å². The average Bonchev–Trinajstić information content (AvgIpc) is 3.03. The van der Waals surface area contributed by atoms with Crippen LogP contribution >= 0.6 is 0 Å². The number of carbonyl (C=O) groups excluding carboxylic acids is 2. The van der Waals surface area contributed by atoms with Crippen LogP contribution in [0.25, 0.3) is 0 Å². The first-order valence-corrected chi connectivity index (χ1v) is 5.89. The molecule has 0 atom stereocenters. The van der Waals surface area contributed by atoms with Gasteiger partial charge in [-0.1, -0.05) is 13.3 Å². The maximum Gasteiger partial charge on any atom is 0.309 e. The minimum Gasteiger partial charge on any atom is -0.347 e. The maximum atomic E-state index is 11.4. The summed E-state index contributed by atoms with van der Waals surface area (Å²) in [6, 6.07) is 0. The third-order valence-corrected chi connectivity index (χ3v) is 3.00. The molecule has 0 heterocycles. The minimum absolute atomic E-state index is 0.276. The lowest BCUT2D eigenvalue weighted by Gasteiger charge is -2.14. The number of nitrogens with one attached hydrogen (secondary N) is 2. The highest BCUT2D eigenvalue weighted by atomic mass is 16.2. The fourth-order valence-electron chi connectivity index (χ4n) is 1.84. The van der Waals surface area contributed by atoms with Crippen LogP contribution < -0.4 is 16.4 Å². The van der Waals surface area contributed by atoms with Crippen molar-refractivity contribution in [1.82, 2.24) is 10.6 Å². The molecule has 0 unspecified atom stereocenters. The van der Waals surface area contributed by atoms with Crippen molar-refractivity contribution < 1.29 is 9.59 Å². The minimum atomic E-state index is -0.585. The Morgan fingerprint density at radius 1 is 1.25 bits per heavy atom. The van der Waals surface area contributed by atoms with Crippen LogP contribution in [0.5, 0.6) is 0 Å². The Balaban J connectivity index is 2.22.